The Morgan fingerprint density at radius 3 is 1.23 bits per heavy atom. The highest BCUT2D eigenvalue weighted by Gasteiger charge is 2.26. The molecule has 0 aliphatic rings. The molecule has 0 fully saturated rings. The van der Waals surface area contributed by atoms with Gasteiger partial charge in [0.15, 0.2) is 12.6 Å². The van der Waals surface area contributed by atoms with Gasteiger partial charge in [-0.25, -0.2) is 0 Å². The van der Waals surface area contributed by atoms with Crippen LogP contribution in [0.5, 0.6) is 5.75 Å². The Morgan fingerprint density at radius 2 is 0.818 bits per heavy atom. The third kappa shape index (κ3) is 25.5. The number of hydrogen-bond acceptors (Lipinski definition) is 5. The van der Waals surface area contributed by atoms with Crippen molar-refractivity contribution in [3.8, 4) is 5.75 Å². The van der Waals surface area contributed by atoms with E-state index in [-0.39, 0.29) is 12.6 Å². The average Bonchev–Trinajstić information content (AvgIpc) is 3.03. The van der Waals surface area contributed by atoms with Crippen LogP contribution in [0.4, 0.5) is 0 Å². The van der Waals surface area contributed by atoms with Gasteiger partial charge in [-0.1, -0.05) is 161 Å². The number of para-hydroxylation sites is 1. The van der Waals surface area contributed by atoms with Crippen molar-refractivity contribution in [2.24, 2.45) is 0 Å². The molecule has 0 amide bonds. The molecule has 258 valence electrons. The Bertz CT molecular complexity index is 653. The predicted molar refractivity (Wildman–Crippen MR) is 189 cm³/mol. The summed E-state index contributed by atoms with van der Waals surface area (Å²) >= 11 is 0. The van der Waals surface area contributed by atoms with Gasteiger partial charge in [0.25, 0.3) is 0 Å². The van der Waals surface area contributed by atoms with Crippen molar-refractivity contribution in [2.75, 3.05) is 13.2 Å². The van der Waals surface area contributed by atoms with E-state index in [0.717, 1.165) is 57.5 Å². The van der Waals surface area contributed by atoms with Crippen LogP contribution in [0, 0.1) is 0 Å². The first-order chi connectivity index (χ1) is 21.7. The maximum Gasteiger partial charge on any atom is 0.402 e. The zero-order valence-corrected chi connectivity index (χ0v) is 30.3. The van der Waals surface area contributed by atoms with E-state index in [0.29, 0.717) is 0 Å². The van der Waals surface area contributed by atoms with Crippen LogP contribution in [-0.2, 0) is 18.5 Å². The second-order valence-electron chi connectivity index (χ2n) is 12.4. The molecule has 5 nitrogen and oxygen atoms in total. The monoisotopic (exact) mass is 639 g/mol. The topological polar surface area (TPSA) is 46.2 Å². The van der Waals surface area contributed by atoms with Crippen molar-refractivity contribution in [3.05, 3.63) is 30.3 Å². The van der Waals surface area contributed by atoms with Crippen molar-refractivity contribution in [2.45, 2.75) is 194 Å². The van der Waals surface area contributed by atoms with Gasteiger partial charge in [0, 0.05) is 13.2 Å². The second kappa shape index (κ2) is 32.2. The van der Waals surface area contributed by atoms with E-state index >= 15 is 0 Å². The number of rotatable bonds is 34. The van der Waals surface area contributed by atoms with Crippen molar-refractivity contribution >= 4 is 8.60 Å². The molecule has 0 radical (unpaired) electrons. The fourth-order valence-electron chi connectivity index (χ4n) is 5.18. The van der Waals surface area contributed by atoms with Crippen LogP contribution in [0.3, 0.4) is 0 Å². The highest BCUT2D eigenvalue weighted by molar-refractivity contribution is 7.42. The van der Waals surface area contributed by atoms with Crippen LogP contribution in [-0.4, -0.2) is 25.8 Å². The van der Waals surface area contributed by atoms with E-state index in [1.807, 2.05) is 30.3 Å². The lowest BCUT2D eigenvalue weighted by Crippen LogP contribution is -2.22. The van der Waals surface area contributed by atoms with Crippen molar-refractivity contribution < 1.29 is 23.0 Å². The van der Waals surface area contributed by atoms with Crippen LogP contribution in [0.2, 0.25) is 0 Å². The molecule has 2 atom stereocenters. The highest BCUT2D eigenvalue weighted by Crippen LogP contribution is 2.45. The molecule has 0 aliphatic heterocycles. The van der Waals surface area contributed by atoms with Gasteiger partial charge in [-0.2, -0.15) is 0 Å². The molecule has 1 rings (SSSR count). The molecular weight excluding hydrogens is 567 g/mol. The Hall–Kier alpha value is -0.710. The zero-order valence-electron chi connectivity index (χ0n) is 29.4. The molecule has 1 aromatic carbocycles. The van der Waals surface area contributed by atoms with Crippen molar-refractivity contribution in [1.29, 1.82) is 0 Å². The van der Waals surface area contributed by atoms with Crippen molar-refractivity contribution in [1.82, 2.24) is 0 Å². The Balaban J connectivity index is 2.85. The number of benzene rings is 1. The molecule has 0 heterocycles. The van der Waals surface area contributed by atoms with E-state index in [1.54, 1.807) is 0 Å². The molecule has 6 heteroatoms. The molecule has 0 bridgehead atoms. The molecule has 0 saturated heterocycles. The normalized spacial score (nSPS) is 13.6. The minimum Gasteiger partial charge on any atom is -0.427 e. The summed E-state index contributed by atoms with van der Waals surface area (Å²) in [6.07, 6.45) is 28.2. The third-order valence-electron chi connectivity index (χ3n) is 8.02. The summed E-state index contributed by atoms with van der Waals surface area (Å²) in [5.41, 5.74) is 0. The lowest BCUT2D eigenvalue weighted by Gasteiger charge is -2.27. The fraction of sp³-hybridized carbons (Fsp3) is 0.842. The minimum absolute atomic E-state index is 0.328. The zero-order chi connectivity index (χ0) is 31.8. The molecular formula is C38H71O5P. The van der Waals surface area contributed by atoms with E-state index in [2.05, 4.69) is 27.7 Å². The lowest BCUT2D eigenvalue weighted by atomic mass is 10.1. The summed E-state index contributed by atoms with van der Waals surface area (Å²) in [6.45, 7) is 10.5. The number of ether oxygens (including phenoxy) is 2. The first-order valence-electron chi connectivity index (χ1n) is 18.8. The molecule has 0 saturated carbocycles. The average molecular weight is 639 g/mol. The van der Waals surface area contributed by atoms with Gasteiger partial charge in [0.2, 0.25) is 0 Å². The van der Waals surface area contributed by atoms with E-state index in [9.17, 15) is 0 Å². The largest absolute Gasteiger partial charge is 0.427 e. The van der Waals surface area contributed by atoms with Gasteiger partial charge in [0.05, 0.1) is 0 Å². The van der Waals surface area contributed by atoms with Crippen LogP contribution >= 0.6 is 8.60 Å². The van der Waals surface area contributed by atoms with Gasteiger partial charge in [0.1, 0.15) is 5.75 Å². The van der Waals surface area contributed by atoms with Gasteiger partial charge in [-0.05, 0) is 50.7 Å². The smallest absolute Gasteiger partial charge is 0.402 e. The second-order valence-corrected chi connectivity index (χ2v) is 13.4. The molecule has 2 unspecified atom stereocenters. The van der Waals surface area contributed by atoms with Gasteiger partial charge in [-0.3, -0.25) is 9.05 Å². The summed E-state index contributed by atoms with van der Waals surface area (Å²) in [6, 6.07) is 9.92. The standard InChI is InChI=1S/C38H71O5P/c1-5-9-13-17-21-28-34-39-37(32-26-19-15-11-7-3)42-44(41-36-30-24-23-25-31-36)43-38(33-27-20-16-12-8-4)40-35-29-22-18-14-10-6-2/h23-25,30-31,37-38H,5-22,26-29,32-35H2,1-4H3. The van der Waals surface area contributed by atoms with Gasteiger partial charge < -0.3 is 14.0 Å². The summed E-state index contributed by atoms with van der Waals surface area (Å²) < 4.78 is 32.2. The molecule has 0 aromatic heterocycles. The Morgan fingerprint density at radius 1 is 0.455 bits per heavy atom. The van der Waals surface area contributed by atoms with Crippen LogP contribution in [0.1, 0.15) is 182 Å². The third-order valence-corrected chi connectivity index (χ3v) is 9.19. The summed E-state index contributed by atoms with van der Waals surface area (Å²) in [5, 5.41) is 0. The fourth-order valence-corrected chi connectivity index (χ4v) is 6.33. The first kappa shape index (κ1) is 41.3. The van der Waals surface area contributed by atoms with E-state index < -0.39 is 8.60 Å². The molecule has 0 spiro atoms. The summed E-state index contributed by atoms with van der Waals surface area (Å²) in [5.74, 6) is 0.758. The number of hydrogen-bond donors (Lipinski definition) is 0. The van der Waals surface area contributed by atoms with Crippen LogP contribution < -0.4 is 4.52 Å². The maximum absolute atomic E-state index is 6.57. The predicted octanol–water partition coefficient (Wildman–Crippen LogP) is 13.5. The molecule has 44 heavy (non-hydrogen) atoms. The number of unbranched alkanes of at least 4 members (excludes halogenated alkanes) is 18. The van der Waals surface area contributed by atoms with Crippen LogP contribution in [0.15, 0.2) is 30.3 Å². The van der Waals surface area contributed by atoms with Crippen molar-refractivity contribution in [3.63, 3.8) is 0 Å². The lowest BCUT2D eigenvalue weighted by molar-refractivity contribution is -0.123. The van der Waals surface area contributed by atoms with E-state index in [4.69, 9.17) is 23.0 Å². The van der Waals surface area contributed by atoms with Gasteiger partial charge in [-0.15, -0.1) is 0 Å². The quantitative estimate of drug-likeness (QED) is 0.0427. The Kier molecular flexibility index (Phi) is 30.3. The Labute approximate surface area is 274 Å². The SMILES string of the molecule is CCCCCCCCOC(CCCCCCC)OP(Oc1ccccc1)OC(CCCCCCC)OCCCCCCCC. The summed E-state index contributed by atoms with van der Waals surface area (Å²) in [4.78, 5) is 0. The minimum atomic E-state index is -1.69. The maximum atomic E-state index is 6.57. The first-order valence-corrected chi connectivity index (χ1v) is 19.9. The van der Waals surface area contributed by atoms with Gasteiger partial charge >= 0.3 is 8.60 Å². The van der Waals surface area contributed by atoms with E-state index in [1.165, 1.54) is 116 Å². The van der Waals surface area contributed by atoms with Crippen LogP contribution in [0.25, 0.3) is 0 Å². The highest BCUT2D eigenvalue weighted by atomic mass is 31.2. The molecule has 0 aliphatic carbocycles. The summed E-state index contributed by atoms with van der Waals surface area (Å²) in [7, 11) is -1.69. The molecule has 0 N–H and O–H groups in total. The molecule has 1 aromatic rings.